The van der Waals surface area contributed by atoms with Crippen molar-refractivity contribution in [1.82, 2.24) is 4.31 Å². The van der Waals surface area contributed by atoms with Crippen molar-refractivity contribution in [2.24, 2.45) is 0 Å². The highest BCUT2D eigenvalue weighted by Gasteiger charge is 2.27. The maximum atomic E-state index is 12.4. The van der Waals surface area contributed by atoms with Crippen LogP contribution in [0, 0.1) is 0 Å². The van der Waals surface area contributed by atoms with E-state index < -0.39 is 16.0 Å². The number of aromatic carboxylic acids is 1. The van der Waals surface area contributed by atoms with Gasteiger partial charge >= 0.3 is 5.97 Å². The number of hydrogen-bond donors (Lipinski definition) is 2. The minimum Gasteiger partial charge on any atom is -0.478 e. The molecule has 0 unspecified atom stereocenters. The highest BCUT2D eigenvalue weighted by atomic mass is 32.2. The summed E-state index contributed by atoms with van der Waals surface area (Å²) in [6, 6.07) is 3.43. The van der Waals surface area contributed by atoms with Crippen LogP contribution >= 0.6 is 0 Å². The van der Waals surface area contributed by atoms with Crippen molar-refractivity contribution in [2.45, 2.75) is 31.7 Å². The predicted octanol–water partition coefficient (Wildman–Crippen LogP) is 1.39. The molecular weight excluding hydrogens is 268 g/mol. The molecule has 0 bridgehead atoms. The summed E-state index contributed by atoms with van der Waals surface area (Å²) >= 11 is 0. The van der Waals surface area contributed by atoms with Gasteiger partial charge in [-0.2, -0.15) is 4.31 Å². The molecule has 7 heteroatoms. The van der Waals surface area contributed by atoms with E-state index in [-0.39, 0.29) is 22.2 Å². The second-order valence-corrected chi connectivity index (χ2v) is 6.22. The number of nitrogens with zero attached hydrogens (tertiary/aromatic N) is 1. The third-order valence-corrected chi connectivity index (χ3v) is 4.96. The lowest BCUT2D eigenvalue weighted by atomic mass is 10.2. The lowest BCUT2D eigenvalue weighted by molar-refractivity contribution is 0.0697. The molecule has 0 aliphatic carbocycles. The Hall–Kier alpha value is -1.60. The van der Waals surface area contributed by atoms with E-state index in [1.165, 1.54) is 16.4 Å². The molecule has 0 aromatic heterocycles. The number of rotatable bonds is 5. The monoisotopic (exact) mass is 286 g/mol. The number of nitrogen functional groups attached to an aromatic ring is 1. The van der Waals surface area contributed by atoms with Gasteiger partial charge in [0.15, 0.2) is 0 Å². The summed E-state index contributed by atoms with van der Waals surface area (Å²) in [5.74, 6) is -1.15. The minimum atomic E-state index is -3.71. The average molecular weight is 286 g/mol. The van der Waals surface area contributed by atoms with Crippen molar-refractivity contribution in [1.29, 1.82) is 0 Å². The zero-order valence-electron chi connectivity index (χ0n) is 11.1. The second kappa shape index (κ2) is 5.58. The molecular formula is C12H18N2O4S. The van der Waals surface area contributed by atoms with E-state index in [1.807, 2.05) is 0 Å². The molecule has 0 atom stereocenters. The molecule has 106 valence electrons. The lowest BCUT2D eigenvalue weighted by Crippen LogP contribution is -2.37. The molecule has 0 saturated heterocycles. The average Bonchev–Trinajstić information content (AvgIpc) is 2.28. The van der Waals surface area contributed by atoms with E-state index in [9.17, 15) is 13.2 Å². The van der Waals surface area contributed by atoms with Crippen molar-refractivity contribution >= 4 is 21.7 Å². The third kappa shape index (κ3) is 3.05. The van der Waals surface area contributed by atoms with Crippen molar-refractivity contribution in [3.05, 3.63) is 23.8 Å². The first kappa shape index (κ1) is 15.5. The molecule has 1 aromatic carbocycles. The van der Waals surface area contributed by atoms with Gasteiger partial charge in [0.05, 0.1) is 11.3 Å². The Morgan fingerprint density at radius 2 is 2.00 bits per heavy atom. The molecule has 0 aliphatic heterocycles. The van der Waals surface area contributed by atoms with Crippen LogP contribution in [-0.2, 0) is 10.0 Å². The minimum absolute atomic E-state index is 0.0379. The van der Waals surface area contributed by atoms with Crippen LogP contribution in [0.4, 0.5) is 5.69 Å². The largest absolute Gasteiger partial charge is 0.478 e. The van der Waals surface area contributed by atoms with E-state index >= 15 is 0 Å². The van der Waals surface area contributed by atoms with Crippen LogP contribution in [0.15, 0.2) is 23.1 Å². The summed E-state index contributed by atoms with van der Waals surface area (Å²) in [5, 5.41) is 8.83. The summed E-state index contributed by atoms with van der Waals surface area (Å²) < 4.78 is 26.1. The van der Waals surface area contributed by atoms with E-state index in [2.05, 4.69) is 0 Å². The SMILES string of the molecule is CCN(C(C)C)S(=O)(=O)c1ccc(C(=O)O)cc1N. The Bertz CT molecular complexity index is 581. The molecule has 0 radical (unpaired) electrons. The molecule has 6 nitrogen and oxygen atoms in total. The fourth-order valence-electron chi connectivity index (χ4n) is 1.86. The van der Waals surface area contributed by atoms with Gasteiger partial charge in [0.25, 0.3) is 0 Å². The van der Waals surface area contributed by atoms with Crippen molar-refractivity contribution in [3.63, 3.8) is 0 Å². The number of carboxylic acids is 1. The highest BCUT2D eigenvalue weighted by molar-refractivity contribution is 7.89. The topological polar surface area (TPSA) is 101 Å². The molecule has 0 saturated carbocycles. The normalized spacial score (nSPS) is 12.1. The first-order valence-corrected chi connectivity index (χ1v) is 7.30. The highest BCUT2D eigenvalue weighted by Crippen LogP contribution is 2.24. The number of hydrogen-bond acceptors (Lipinski definition) is 4. The second-order valence-electron chi connectivity index (χ2n) is 4.36. The summed E-state index contributed by atoms with van der Waals surface area (Å²) in [6.07, 6.45) is 0. The van der Waals surface area contributed by atoms with Crippen LogP contribution < -0.4 is 5.73 Å². The zero-order chi connectivity index (χ0) is 14.8. The van der Waals surface area contributed by atoms with Crippen LogP contribution in [0.2, 0.25) is 0 Å². The molecule has 19 heavy (non-hydrogen) atoms. The smallest absolute Gasteiger partial charge is 0.335 e. The van der Waals surface area contributed by atoms with Gasteiger partial charge in [0.1, 0.15) is 4.90 Å². The number of benzene rings is 1. The maximum Gasteiger partial charge on any atom is 0.335 e. The van der Waals surface area contributed by atoms with Crippen molar-refractivity contribution < 1.29 is 18.3 Å². The van der Waals surface area contributed by atoms with Crippen LogP contribution in [0.3, 0.4) is 0 Å². The van der Waals surface area contributed by atoms with E-state index in [1.54, 1.807) is 20.8 Å². The van der Waals surface area contributed by atoms with E-state index in [4.69, 9.17) is 10.8 Å². The van der Waals surface area contributed by atoms with Crippen LogP contribution in [0.1, 0.15) is 31.1 Å². The Morgan fingerprint density at radius 1 is 1.42 bits per heavy atom. The molecule has 0 spiro atoms. The first-order valence-electron chi connectivity index (χ1n) is 5.86. The molecule has 0 aliphatic rings. The van der Waals surface area contributed by atoms with Gasteiger partial charge in [-0.1, -0.05) is 6.92 Å². The van der Waals surface area contributed by atoms with Gasteiger partial charge < -0.3 is 10.8 Å². The summed E-state index contributed by atoms with van der Waals surface area (Å²) in [6.45, 7) is 5.59. The maximum absolute atomic E-state index is 12.4. The predicted molar refractivity (Wildman–Crippen MR) is 72.5 cm³/mol. The van der Waals surface area contributed by atoms with Crippen molar-refractivity contribution in [2.75, 3.05) is 12.3 Å². The Balaban J connectivity index is 3.33. The molecule has 0 amide bonds. The molecule has 1 rings (SSSR count). The standard InChI is InChI=1S/C12H18N2O4S/c1-4-14(8(2)3)19(17,18)11-6-5-9(12(15)16)7-10(11)13/h5-8H,4,13H2,1-3H3,(H,15,16). The number of sulfonamides is 1. The van der Waals surface area contributed by atoms with Gasteiger partial charge in [-0.3, -0.25) is 0 Å². The van der Waals surface area contributed by atoms with Gasteiger partial charge in [-0.05, 0) is 32.0 Å². The molecule has 0 fully saturated rings. The number of carboxylic acid groups (broad SMARTS) is 1. The summed E-state index contributed by atoms with van der Waals surface area (Å²) in [7, 11) is -3.71. The quantitative estimate of drug-likeness (QED) is 0.796. The van der Waals surface area contributed by atoms with Gasteiger partial charge in [0, 0.05) is 12.6 Å². The van der Waals surface area contributed by atoms with E-state index in [0.29, 0.717) is 6.54 Å². The fourth-order valence-corrected chi connectivity index (χ4v) is 3.60. The summed E-state index contributed by atoms with van der Waals surface area (Å²) in [5.41, 5.74) is 5.57. The van der Waals surface area contributed by atoms with Crippen molar-refractivity contribution in [3.8, 4) is 0 Å². The Kier molecular flexibility index (Phi) is 4.54. The Morgan fingerprint density at radius 3 is 2.37 bits per heavy atom. The molecule has 0 heterocycles. The van der Waals surface area contributed by atoms with E-state index in [0.717, 1.165) is 6.07 Å². The fraction of sp³-hybridized carbons (Fsp3) is 0.417. The van der Waals surface area contributed by atoms with Crippen LogP contribution in [-0.4, -0.2) is 36.4 Å². The van der Waals surface area contributed by atoms with Gasteiger partial charge in [-0.25, -0.2) is 13.2 Å². The van der Waals surface area contributed by atoms with Gasteiger partial charge in [-0.15, -0.1) is 0 Å². The van der Waals surface area contributed by atoms with Crippen LogP contribution in [0.5, 0.6) is 0 Å². The number of nitrogens with two attached hydrogens (primary N) is 1. The third-order valence-electron chi connectivity index (χ3n) is 2.73. The Labute approximate surface area is 112 Å². The first-order chi connectivity index (χ1) is 8.71. The zero-order valence-corrected chi connectivity index (χ0v) is 11.9. The van der Waals surface area contributed by atoms with Gasteiger partial charge in [0.2, 0.25) is 10.0 Å². The number of anilines is 1. The van der Waals surface area contributed by atoms with Crippen LogP contribution in [0.25, 0.3) is 0 Å². The number of carbonyl (C=O) groups is 1. The summed E-state index contributed by atoms with van der Waals surface area (Å²) in [4.78, 5) is 10.7. The molecule has 3 N–H and O–H groups in total. The molecule has 1 aromatic rings. The lowest BCUT2D eigenvalue weighted by Gasteiger charge is -2.25.